The quantitative estimate of drug-likeness (QED) is 0.309. The van der Waals surface area contributed by atoms with Gasteiger partial charge in [-0.25, -0.2) is 14.4 Å². The summed E-state index contributed by atoms with van der Waals surface area (Å²) >= 11 is 5.00. The van der Waals surface area contributed by atoms with Gasteiger partial charge in [0.2, 0.25) is 5.95 Å². The zero-order chi connectivity index (χ0) is 23.2. The van der Waals surface area contributed by atoms with E-state index in [0.717, 1.165) is 42.9 Å². The average Bonchev–Trinajstić information content (AvgIpc) is 3.61. The first-order valence-electron chi connectivity index (χ1n) is 11.5. The van der Waals surface area contributed by atoms with E-state index in [1.54, 1.807) is 19.2 Å². The molecular weight excluding hydrogens is 441 g/mol. The minimum absolute atomic E-state index is 0.284. The summed E-state index contributed by atoms with van der Waals surface area (Å²) in [6, 6.07) is 4.93. The van der Waals surface area contributed by atoms with Gasteiger partial charge in [0.1, 0.15) is 11.6 Å². The molecule has 1 aromatic heterocycles. The van der Waals surface area contributed by atoms with E-state index in [9.17, 15) is 4.39 Å². The molecule has 0 bridgehead atoms. The van der Waals surface area contributed by atoms with Crippen molar-refractivity contribution in [2.75, 3.05) is 31.7 Å². The Morgan fingerprint density at radius 1 is 1.27 bits per heavy atom. The van der Waals surface area contributed by atoms with Crippen molar-refractivity contribution >= 4 is 23.2 Å². The number of aromatic nitrogens is 2. The van der Waals surface area contributed by atoms with Gasteiger partial charge in [-0.05, 0) is 55.1 Å². The van der Waals surface area contributed by atoms with Crippen LogP contribution in [0, 0.1) is 23.6 Å². The number of anilines is 1. The topological polar surface area (TPSA) is 85.5 Å². The molecule has 4 rings (SSSR count). The minimum Gasteiger partial charge on any atom is -0.493 e. The van der Waals surface area contributed by atoms with E-state index in [2.05, 4.69) is 20.3 Å². The van der Waals surface area contributed by atoms with Crippen LogP contribution in [0.5, 0.6) is 5.75 Å². The van der Waals surface area contributed by atoms with Gasteiger partial charge in [-0.1, -0.05) is 18.3 Å². The highest BCUT2D eigenvalue weighted by atomic mass is 32.1. The lowest BCUT2D eigenvalue weighted by Gasteiger charge is -2.32. The van der Waals surface area contributed by atoms with Crippen LogP contribution in [-0.4, -0.2) is 41.8 Å². The Morgan fingerprint density at radius 3 is 2.70 bits per heavy atom. The van der Waals surface area contributed by atoms with Gasteiger partial charge in [0.05, 0.1) is 18.2 Å². The predicted molar refractivity (Wildman–Crippen MR) is 129 cm³/mol. The van der Waals surface area contributed by atoms with Gasteiger partial charge in [0.15, 0.2) is 0 Å². The number of methoxy groups -OCH3 is 1. The number of nitrogens with two attached hydrogens (primary N) is 1. The number of ether oxygens (including phenoxy) is 2. The molecule has 2 aliphatic rings. The Balaban J connectivity index is 1.16. The number of halogens is 1. The van der Waals surface area contributed by atoms with Crippen molar-refractivity contribution in [1.82, 2.24) is 15.4 Å². The van der Waals surface area contributed by atoms with E-state index in [4.69, 9.17) is 27.5 Å². The molecule has 2 atom stereocenters. The summed E-state index contributed by atoms with van der Waals surface area (Å²) in [6.45, 7) is 3.16. The molecule has 2 fully saturated rings. The van der Waals surface area contributed by atoms with E-state index in [0.29, 0.717) is 35.4 Å². The van der Waals surface area contributed by atoms with Crippen molar-refractivity contribution in [2.24, 2.45) is 23.6 Å². The Kier molecular flexibility index (Phi) is 8.06. The first kappa shape index (κ1) is 23.8. The molecule has 1 saturated carbocycles. The molecule has 2 unspecified atom stereocenters. The summed E-state index contributed by atoms with van der Waals surface area (Å²) in [4.78, 5) is 11.7. The van der Waals surface area contributed by atoms with Crippen LogP contribution in [0.4, 0.5) is 10.3 Å². The Morgan fingerprint density at radius 2 is 2.03 bits per heavy atom. The third-order valence-electron chi connectivity index (χ3n) is 6.70. The van der Waals surface area contributed by atoms with Crippen molar-refractivity contribution in [3.05, 3.63) is 47.5 Å². The highest BCUT2D eigenvalue weighted by molar-refractivity contribution is 7.80. The maximum atomic E-state index is 14.2. The van der Waals surface area contributed by atoms with Crippen molar-refractivity contribution in [3.63, 3.8) is 0 Å². The Hall–Kier alpha value is -2.36. The van der Waals surface area contributed by atoms with Crippen molar-refractivity contribution in [2.45, 2.75) is 38.7 Å². The number of thiocarbonyl (C=S) groups is 1. The number of nitrogens with one attached hydrogen (secondary N) is 1. The second-order valence-electron chi connectivity index (χ2n) is 8.94. The van der Waals surface area contributed by atoms with E-state index < -0.39 is 0 Å². The minimum atomic E-state index is -0.321. The van der Waals surface area contributed by atoms with Gasteiger partial charge in [-0.3, -0.25) is 5.84 Å². The maximum Gasteiger partial charge on any atom is 0.225 e. The van der Waals surface area contributed by atoms with E-state index >= 15 is 0 Å². The predicted octanol–water partition coefficient (Wildman–Crippen LogP) is 3.42. The normalized spacial score (nSPS) is 20.5. The number of rotatable bonds is 10. The maximum absolute atomic E-state index is 14.2. The second-order valence-corrected chi connectivity index (χ2v) is 9.44. The first-order chi connectivity index (χ1) is 16.1. The van der Waals surface area contributed by atoms with Crippen LogP contribution in [0.1, 0.15) is 36.8 Å². The molecule has 33 heavy (non-hydrogen) atoms. The fourth-order valence-electron chi connectivity index (χ4n) is 4.77. The molecule has 2 aromatic rings. The Labute approximate surface area is 199 Å². The van der Waals surface area contributed by atoms with Gasteiger partial charge in [-0.2, -0.15) is 0 Å². The van der Waals surface area contributed by atoms with Crippen LogP contribution in [0.25, 0.3) is 0 Å². The van der Waals surface area contributed by atoms with E-state index in [1.807, 2.05) is 12.4 Å². The van der Waals surface area contributed by atoms with Crippen molar-refractivity contribution < 1.29 is 13.9 Å². The summed E-state index contributed by atoms with van der Waals surface area (Å²) in [5.41, 5.74) is 3.88. The third kappa shape index (κ3) is 6.37. The molecule has 7 nitrogen and oxygen atoms in total. The van der Waals surface area contributed by atoms with Crippen LogP contribution < -0.4 is 20.9 Å². The zero-order valence-corrected chi connectivity index (χ0v) is 19.8. The number of piperidine rings is 1. The van der Waals surface area contributed by atoms with Crippen LogP contribution in [-0.2, 0) is 17.8 Å². The smallest absolute Gasteiger partial charge is 0.225 e. The fraction of sp³-hybridized carbons (Fsp3) is 0.542. The number of nitrogens with zero attached hydrogens (tertiary/aromatic N) is 3. The molecule has 1 aliphatic heterocycles. The SMILES string of the molecule is COCc1cnc(N2CCC(C3CC3CCOc3ccc(CC(=S)NN)c(F)c3)CC2)nc1. The van der Waals surface area contributed by atoms with E-state index in [-0.39, 0.29) is 12.2 Å². The first-order valence-corrected chi connectivity index (χ1v) is 11.9. The lowest BCUT2D eigenvalue weighted by molar-refractivity contribution is 0.184. The number of hydrogen-bond donors (Lipinski definition) is 2. The van der Waals surface area contributed by atoms with Gasteiger partial charge in [0.25, 0.3) is 0 Å². The van der Waals surface area contributed by atoms with Crippen LogP contribution in [0.2, 0.25) is 0 Å². The molecule has 9 heteroatoms. The summed E-state index contributed by atoms with van der Waals surface area (Å²) in [5.74, 6) is 8.57. The number of benzene rings is 1. The molecule has 3 N–H and O–H groups in total. The van der Waals surface area contributed by atoms with E-state index in [1.165, 1.54) is 25.3 Å². The van der Waals surface area contributed by atoms with Crippen LogP contribution in [0.15, 0.2) is 30.6 Å². The third-order valence-corrected chi connectivity index (χ3v) is 6.96. The molecule has 2 heterocycles. The molecular formula is C24H32FN5O2S. The lowest BCUT2D eigenvalue weighted by Crippen LogP contribution is -2.35. The van der Waals surface area contributed by atoms with Gasteiger partial charge < -0.3 is 19.8 Å². The highest BCUT2D eigenvalue weighted by Crippen LogP contribution is 2.49. The molecule has 0 spiro atoms. The summed E-state index contributed by atoms with van der Waals surface area (Å²) in [7, 11) is 1.67. The number of hydrogen-bond acceptors (Lipinski definition) is 7. The highest BCUT2D eigenvalue weighted by Gasteiger charge is 2.43. The molecule has 0 radical (unpaired) electrons. The van der Waals surface area contributed by atoms with Gasteiger partial charge in [0, 0.05) is 50.6 Å². The van der Waals surface area contributed by atoms with Gasteiger partial charge >= 0.3 is 0 Å². The van der Waals surface area contributed by atoms with Crippen molar-refractivity contribution in [1.29, 1.82) is 0 Å². The molecule has 1 aliphatic carbocycles. The molecule has 1 saturated heterocycles. The fourth-order valence-corrected chi connectivity index (χ4v) is 4.93. The number of hydrazine groups is 1. The average molecular weight is 474 g/mol. The van der Waals surface area contributed by atoms with Crippen LogP contribution >= 0.6 is 12.2 Å². The standard InChI is InChI=1S/C24H32FN5O2S/c1-31-15-16-13-27-24(28-14-16)30-7-4-17(5-8-30)21-10-18(21)6-9-32-20-3-2-19(22(25)12-20)11-23(33)29-26/h2-3,12-14,17-18,21H,4-11,15,26H2,1H3,(H,29,33). The monoisotopic (exact) mass is 473 g/mol. The van der Waals surface area contributed by atoms with Crippen LogP contribution in [0.3, 0.4) is 0 Å². The lowest BCUT2D eigenvalue weighted by atomic mass is 9.90. The second kappa shape index (κ2) is 11.2. The van der Waals surface area contributed by atoms with Crippen molar-refractivity contribution in [3.8, 4) is 5.75 Å². The zero-order valence-electron chi connectivity index (χ0n) is 19.0. The van der Waals surface area contributed by atoms with Gasteiger partial charge in [-0.15, -0.1) is 0 Å². The molecule has 0 amide bonds. The Bertz CT molecular complexity index is 937. The summed E-state index contributed by atoms with van der Waals surface area (Å²) < 4.78 is 25.2. The molecule has 1 aromatic carbocycles. The summed E-state index contributed by atoms with van der Waals surface area (Å²) in [5, 5.41) is 0. The largest absolute Gasteiger partial charge is 0.493 e. The molecule has 178 valence electrons. The summed E-state index contributed by atoms with van der Waals surface area (Å²) in [6.07, 6.45) is 8.62.